The van der Waals surface area contributed by atoms with Crippen LogP contribution >= 0.6 is 0 Å². The molecule has 1 saturated heterocycles. The van der Waals surface area contributed by atoms with E-state index in [9.17, 15) is 9.90 Å². The summed E-state index contributed by atoms with van der Waals surface area (Å²) < 4.78 is 0. The summed E-state index contributed by atoms with van der Waals surface area (Å²) in [4.78, 5) is 20.2. The van der Waals surface area contributed by atoms with Gasteiger partial charge in [0.1, 0.15) is 0 Å². The fourth-order valence-corrected chi connectivity index (χ4v) is 6.54. The fourth-order valence-electron chi connectivity index (χ4n) is 6.54. The number of benzene rings is 2. The van der Waals surface area contributed by atoms with Crippen LogP contribution in [0, 0.1) is 0 Å². The Hall–Kier alpha value is -2.37. The molecule has 34 heavy (non-hydrogen) atoms. The molecule has 2 saturated carbocycles. The van der Waals surface area contributed by atoms with Crippen LogP contribution in [0.2, 0.25) is 0 Å². The van der Waals surface area contributed by atoms with Gasteiger partial charge >= 0.3 is 6.03 Å². The minimum Gasteiger partial charge on any atom is -0.388 e. The van der Waals surface area contributed by atoms with Gasteiger partial charge in [-0.2, -0.15) is 0 Å². The largest absolute Gasteiger partial charge is 0.388 e. The van der Waals surface area contributed by atoms with Gasteiger partial charge in [0.05, 0.1) is 17.7 Å². The lowest BCUT2D eigenvalue weighted by molar-refractivity contribution is -0.0725. The lowest BCUT2D eigenvalue weighted by atomic mass is 9.67. The second-order valence-corrected chi connectivity index (χ2v) is 11.1. The molecule has 3 aliphatic rings. The minimum absolute atomic E-state index is 0.00788. The number of nitrogens with zero attached hydrogens (tertiary/aromatic N) is 3. The van der Waals surface area contributed by atoms with Crippen molar-refractivity contribution in [3.8, 4) is 0 Å². The van der Waals surface area contributed by atoms with Crippen LogP contribution in [0.15, 0.2) is 60.7 Å². The molecule has 0 atom stereocenters. The average Bonchev–Trinajstić information content (AvgIpc) is 3.09. The van der Waals surface area contributed by atoms with Crippen molar-refractivity contribution in [3.05, 3.63) is 71.8 Å². The first-order valence-corrected chi connectivity index (χ1v) is 12.9. The van der Waals surface area contributed by atoms with Crippen molar-refractivity contribution in [2.45, 2.75) is 68.0 Å². The molecular formula is C29H39N3O2. The summed E-state index contributed by atoms with van der Waals surface area (Å²) in [6, 6.07) is 21.4. The highest BCUT2D eigenvalue weighted by atomic mass is 16.3. The number of carbonyl (C=O) groups is 1. The fraction of sp³-hybridized carbons (Fsp3) is 0.552. The molecule has 2 aromatic carbocycles. The predicted octanol–water partition coefficient (Wildman–Crippen LogP) is 4.65. The van der Waals surface area contributed by atoms with Crippen molar-refractivity contribution < 1.29 is 9.90 Å². The van der Waals surface area contributed by atoms with E-state index in [1.807, 2.05) is 6.07 Å². The van der Waals surface area contributed by atoms with Gasteiger partial charge in [0.25, 0.3) is 0 Å². The minimum atomic E-state index is -0.701. The van der Waals surface area contributed by atoms with E-state index < -0.39 is 5.60 Å². The molecule has 3 fully saturated rings. The molecule has 2 aliphatic carbocycles. The zero-order valence-corrected chi connectivity index (χ0v) is 20.7. The Morgan fingerprint density at radius 1 is 0.882 bits per heavy atom. The Morgan fingerprint density at radius 2 is 1.50 bits per heavy atom. The van der Waals surface area contributed by atoms with Crippen molar-refractivity contribution in [3.63, 3.8) is 0 Å². The zero-order valence-electron chi connectivity index (χ0n) is 20.7. The van der Waals surface area contributed by atoms with E-state index in [0.29, 0.717) is 6.54 Å². The number of aliphatic hydroxyl groups is 1. The van der Waals surface area contributed by atoms with Gasteiger partial charge in [-0.1, -0.05) is 60.7 Å². The molecule has 1 N–H and O–H groups in total. The average molecular weight is 462 g/mol. The number of rotatable bonds is 7. The Kier molecular flexibility index (Phi) is 6.19. The van der Waals surface area contributed by atoms with Crippen molar-refractivity contribution in [2.75, 3.05) is 33.7 Å². The van der Waals surface area contributed by atoms with Gasteiger partial charge in [-0.05, 0) is 76.6 Å². The summed E-state index contributed by atoms with van der Waals surface area (Å²) in [7, 11) is 4.37. The summed E-state index contributed by atoms with van der Waals surface area (Å²) in [5.74, 6) is 0. The van der Waals surface area contributed by atoms with Gasteiger partial charge in [0, 0.05) is 18.6 Å². The first kappa shape index (κ1) is 23.4. The van der Waals surface area contributed by atoms with Gasteiger partial charge in [0.2, 0.25) is 0 Å². The molecule has 0 unspecified atom stereocenters. The Labute approximate surface area is 204 Å². The van der Waals surface area contributed by atoms with E-state index in [4.69, 9.17) is 0 Å². The Morgan fingerprint density at radius 3 is 2.06 bits per heavy atom. The number of β-amino-alcohol motifs (C(OH)–C–C–N with tert-alkyl or cyclic N) is 1. The highest BCUT2D eigenvalue weighted by molar-refractivity contribution is 5.78. The van der Waals surface area contributed by atoms with Gasteiger partial charge in [-0.15, -0.1) is 0 Å². The number of hydrogen-bond donors (Lipinski definition) is 1. The Bertz CT molecular complexity index is 979. The summed E-state index contributed by atoms with van der Waals surface area (Å²) in [6.07, 6.45) is 7.49. The summed E-state index contributed by atoms with van der Waals surface area (Å²) in [6.45, 7) is 1.98. The van der Waals surface area contributed by atoms with E-state index in [1.165, 1.54) is 11.1 Å². The van der Waals surface area contributed by atoms with E-state index in [1.54, 1.807) is 0 Å². The second-order valence-electron chi connectivity index (χ2n) is 11.1. The van der Waals surface area contributed by atoms with Crippen molar-refractivity contribution in [1.82, 2.24) is 14.7 Å². The zero-order chi connectivity index (χ0) is 23.8. The lowest BCUT2D eigenvalue weighted by Crippen LogP contribution is -2.59. The molecule has 182 valence electrons. The van der Waals surface area contributed by atoms with E-state index in [2.05, 4.69) is 83.4 Å². The van der Waals surface area contributed by atoms with E-state index >= 15 is 0 Å². The van der Waals surface area contributed by atoms with Gasteiger partial charge in [0.15, 0.2) is 0 Å². The van der Waals surface area contributed by atoms with Gasteiger partial charge < -0.3 is 14.9 Å². The van der Waals surface area contributed by atoms with Crippen LogP contribution in [0.3, 0.4) is 0 Å². The molecule has 1 aliphatic heterocycles. The molecule has 1 spiro atoms. The van der Waals surface area contributed by atoms with Crippen molar-refractivity contribution >= 4 is 6.03 Å². The van der Waals surface area contributed by atoms with Crippen LogP contribution in [-0.4, -0.2) is 70.7 Å². The molecule has 1 heterocycles. The summed E-state index contributed by atoms with van der Waals surface area (Å²) >= 11 is 0. The van der Waals surface area contributed by atoms with Crippen molar-refractivity contribution in [1.29, 1.82) is 0 Å². The highest BCUT2D eigenvalue weighted by Crippen LogP contribution is 2.50. The maximum absolute atomic E-state index is 13.7. The predicted molar refractivity (Wildman–Crippen MR) is 136 cm³/mol. The number of amides is 2. The van der Waals surface area contributed by atoms with E-state index in [0.717, 1.165) is 64.5 Å². The quantitative estimate of drug-likeness (QED) is 0.653. The third-order valence-electron chi connectivity index (χ3n) is 8.98. The number of carbonyl (C=O) groups excluding carboxylic acids is 1. The smallest absolute Gasteiger partial charge is 0.320 e. The van der Waals surface area contributed by atoms with Crippen molar-refractivity contribution in [2.24, 2.45) is 0 Å². The third-order valence-corrected chi connectivity index (χ3v) is 8.98. The third kappa shape index (κ3) is 4.14. The molecule has 0 bridgehead atoms. The van der Waals surface area contributed by atoms with Crippen LogP contribution in [0.4, 0.5) is 4.79 Å². The molecule has 2 aromatic rings. The maximum atomic E-state index is 13.7. The second kappa shape index (κ2) is 9.01. The molecule has 5 heteroatoms. The van der Waals surface area contributed by atoms with Crippen LogP contribution in [0.25, 0.3) is 0 Å². The van der Waals surface area contributed by atoms with Crippen LogP contribution in [-0.2, 0) is 12.0 Å². The van der Waals surface area contributed by atoms with Crippen LogP contribution < -0.4 is 0 Å². The SMILES string of the molecule is CN(C)C1(c2ccccc2)CCC2(CC1)CN(CCc1ccccc1)C(=O)N2CC1(O)CCC1. The summed E-state index contributed by atoms with van der Waals surface area (Å²) in [5.41, 5.74) is 1.73. The monoisotopic (exact) mass is 461 g/mol. The molecule has 2 amide bonds. The number of hydrogen-bond acceptors (Lipinski definition) is 3. The van der Waals surface area contributed by atoms with Crippen LogP contribution in [0.5, 0.6) is 0 Å². The Balaban J connectivity index is 1.38. The molecule has 5 nitrogen and oxygen atoms in total. The first-order chi connectivity index (χ1) is 16.4. The standard InChI is InChI=1S/C29H39N3O2/c1-30(2)29(25-12-7-4-8-13-25)19-17-27(18-20-29)22-31(21-14-24-10-5-3-6-11-24)26(33)32(27)23-28(34)15-9-16-28/h3-8,10-13,34H,9,14-23H2,1-2H3. The topological polar surface area (TPSA) is 47.0 Å². The molecular weight excluding hydrogens is 422 g/mol. The summed E-state index contributed by atoms with van der Waals surface area (Å²) in [5, 5.41) is 11.0. The van der Waals surface area contributed by atoms with Gasteiger partial charge in [-0.25, -0.2) is 4.79 Å². The van der Waals surface area contributed by atoms with Crippen LogP contribution in [0.1, 0.15) is 56.1 Å². The normalized spacial score (nSPS) is 28.5. The maximum Gasteiger partial charge on any atom is 0.320 e. The molecule has 5 rings (SSSR count). The lowest BCUT2D eigenvalue weighted by Gasteiger charge is -2.52. The molecule has 0 radical (unpaired) electrons. The van der Waals surface area contributed by atoms with E-state index in [-0.39, 0.29) is 17.1 Å². The number of urea groups is 1. The van der Waals surface area contributed by atoms with Gasteiger partial charge in [-0.3, -0.25) is 4.90 Å². The first-order valence-electron chi connectivity index (χ1n) is 12.9. The molecule has 0 aromatic heterocycles. The highest BCUT2D eigenvalue weighted by Gasteiger charge is 2.56.